The molecule has 0 aliphatic rings. The molecule has 1 N–H and O–H groups in total. The van der Waals surface area contributed by atoms with Gasteiger partial charge < -0.3 is 10.1 Å². The van der Waals surface area contributed by atoms with Crippen molar-refractivity contribution in [1.29, 1.82) is 0 Å². The zero-order chi connectivity index (χ0) is 16.1. The molecule has 0 aliphatic carbocycles. The van der Waals surface area contributed by atoms with E-state index in [1.807, 2.05) is 73.7 Å². The molecule has 0 saturated carbocycles. The highest BCUT2D eigenvalue weighted by molar-refractivity contribution is 5.88. The van der Waals surface area contributed by atoms with Crippen LogP contribution in [-0.2, 0) is 11.3 Å². The Labute approximate surface area is 135 Å². The molecule has 1 amide bonds. The van der Waals surface area contributed by atoms with Crippen LogP contribution in [0.4, 0.5) is 0 Å². The lowest BCUT2D eigenvalue weighted by Gasteiger charge is -2.10. The predicted octanol–water partition coefficient (Wildman–Crippen LogP) is 3.84. The first-order valence-electron chi connectivity index (χ1n) is 7.65. The van der Waals surface area contributed by atoms with Gasteiger partial charge in [-0.15, -0.1) is 0 Å². The van der Waals surface area contributed by atoms with Crippen LogP contribution in [0, 0.1) is 6.92 Å². The molecule has 0 aliphatic heterocycles. The molecular weight excluding hydrogens is 286 g/mol. The lowest BCUT2D eigenvalue weighted by molar-refractivity contribution is -0.123. The third kappa shape index (κ3) is 3.89. The summed E-state index contributed by atoms with van der Waals surface area (Å²) in [6, 6.07) is 21.9. The van der Waals surface area contributed by atoms with Crippen molar-refractivity contribution in [3.8, 4) is 5.75 Å². The number of aryl methyl sites for hydroxylation is 1. The van der Waals surface area contributed by atoms with Gasteiger partial charge in [0.1, 0.15) is 5.75 Å². The Morgan fingerprint density at radius 2 is 1.70 bits per heavy atom. The first-order valence-corrected chi connectivity index (χ1v) is 7.65. The second kappa shape index (κ2) is 6.97. The van der Waals surface area contributed by atoms with E-state index in [-0.39, 0.29) is 12.5 Å². The molecule has 0 saturated heterocycles. The molecule has 0 fully saturated rings. The van der Waals surface area contributed by atoms with Gasteiger partial charge in [-0.3, -0.25) is 4.79 Å². The van der Waals surface area contributed by atoms with E-state index < -0.39 is 0 Å². The number of fused-ring (bicyclic) bond motifs is 1. The van der Waals surface area contributed by atoms with E-state index in [9.17, 15) is 4.79 Å². The Morgan fingerprint density at radius 1 is 0.957 bits per heavy atom. The number of hydrogen-bond acceptors (Lipinski definition) is 2. The number of carbonyl (C=O) groups is 1. The Hall–Kier alpha value is -2.81. The summed E-state index contributed by atoms with van der Waals surface area (Å²) in [5.41, 5.74) is 2.29. The summed E-state index contributed by atoms with van der Waals surface area (Å²) in [5, 5.41) is 4.99. The molecule has 116 valence electrons. The second-order valence-electron chi connectivity index (χ2n) is 5.53. The number of nitrogens with one attached hydrogen (secondary N) is 1. The molecule has 3 nitrogen and oxygen atoms in total. The van der Waals surface area contributed by atoms with E-state index in [1.165, 1.54) is 5.56 Å². The molecule has 0 spiro atoms. The maximum absolute atomic E-state index is 12.0. The molecular formula is C20H19NO2. The minimum atomic E-state index is -0.126. The van der Waals surface area contributed by atoms with Crippen LogP contribution in [0.25, 0.3) is 10.8 Å². The molecule has 0 radical (unpaired) electrons. The average molecular weight is 305 g/mol. The Bertz CT molecular complexity index is 804. The van der Waals surface area contributed by atoms with E-state index in [0.717, 1.165) is 22.1 Å². The number of rotatable bonds is 5. The molecule has 0 unspecified atom stereocenters. The maximum Gasteiger partial charge on any atom is 0.258 e. The average Bonchev–Trinajstić information content (AvgIpc) is 2.59. The van der Waals surface area contributed by atoms with Crippen molar-refractivity contribution >= 4 is 16.7 Å². The molecule has 0 aromatic heterocycles. The number of benzene rings is 3. The van der Waals surface area contributed by atoms with Gasteiger partial charge in [-0.25, -0.2) is 0 Å². The Morgan fingerprint density at radius 3 is 2.52 bits per heavy atom. The van der Waals surface area contributed by atoms with E-state index >= 15 is 0 Å². The van der Waals surface area contributed by atoms with Gasteiger partial charge in [0, 0.05) is 11.9 Å². The summed E-state index contributed by atoms with van der Waals surface area (Å²) in [5.74, 6) is 0.604. The number of ether oxygens (including phenoxy) is 1. The normalized spacial score (nSPS) is 10.5. The van der Waals surface area contributed by atoms with Gasteiger partial charge in [-0.2, -0.15) is 0 Å². The zero-order valence-electron chi connectivity index (χ0n) is 13.1. The minimum absolute atomic E-state index is 0.0138. The lowest BCUT2D eigenvalue weighted by Crippen LogP contribution is -2.28. The lowest BCUT2D eigenvalue weighted by atomic mass is 10.1. The fourth-order valence-electron chi connectivity index (χ4n) is 2.42. The standard InChI is InChI=1S/C20H19NO2/c1-15-9-11-16(12-10-15)13-21-20(22)14-23-19-8-4-6-17-5-2-3-7-18(17)19/h2-12H,13-14H2,1H3,(H,21,22). The van der Waals surface area contributed by atoms with Crippen LogP contribution < -0.4 is 10.1 Å². The highest BCUT2D eigenvalue weighted by Gasteiger charge is 2.05. The fourth-order valence-corrected chi connectivity index (χ4v) is 2.42. The van der Waals surface area contributed by atoms with Crippen molar-refractivity contribution < 1.29 is 9.53 Å². The van der Waals surface area contributed by atoms with Gasteiger partial charge in [-0.05, 0) is 23.9 Å². The molecule has 0 bridgehead atoms. The largest absolute Gasteiger partial charge is 0.483 e. The quantitative estimate of drug-likeness (QED) is 0.777. The molecule has 3 heteroatoms. The van der Waals surface area contributed by atoms with Crippen molar-refractivity contribution in [2.24, 2.45) is 0 Å². The summed E-state index contributed by atoms with van der Waals surface area (Å²) in [7, 11) is 0. The third-order valence-electron chi connectivity index (χ3n) is 3.72. The number of hydrogen-bond donors (Lipinski definition) is 1. The summed E-state index contributed by atoms with van der Waals surface area (Å²) in [6.45, 7) is 2.57. The SMILES string of the molecule is Cc1ccc(CNC(=O)COc2cccc3ccccc23)cc1. The van der Waals surface area contributed by atoms with Crippen molar-refractivity contribution in [2.75, 3.05) is 6.61 Å². The Balaban J connectivity index is 1.57. The van der Waals surface area contributed by atoms with Crippen molar-refractivity contribution in [2.45, 2.75) is 13.5 Å². The van der Waals surface area contributed by atoms with Crippen molar-refractivity contribution in [3.63, 3.8) is 0 Å². The summed E-state index contributed by atoms with van der Waals surface area (Å²) >= 11 is 0. The van der Waals surface area contributed by atoms with Crippen LogP contribution in [0.3, 0.4) is 0 Å². The van der Waals surface area contributed by atoms with Crippen molar-refractivity contribution in [1.82, 2.24) is 5.32 Å². The van der Waals surface area contributed by atoms with Crippen LogP contribution >= 0.6 is 0 Å². The smallest absolute Gasteiger partial charge is 0.258 e. The van der Waals surface area contributed by atoms with Gasteiger partial charge in [0.25, 0.3) is 5.91 Å². The van der Waals surface area contributed by atoms with Crippen LogP contribution in [0.15, 0.2) is 66.7 Å². The summed E-state index contributed by atoms with van der Waals surface area (Å²) in [4.78, 5) is 12.0. The fraction of sp³-hybridized carbons (Fsp3) is 0.150. The van der Waals surface area contributed by atoms with E-state index in [0.29, 0.717) is 6.54 Å². The van der Waals surface area contributed by atoms with Crippen LogP contribution in [0.1, 0.15) is 11.1 Å². The highest BCUT2D eigenvalue weighted by atomic mass is 16.5. The summed E-state index contributed by atoms with van der Waals surface area (Å²) < 4.78 is 5.68. The van der Waals surface area contributed by atoms with Gasteiger partial charge >= 0.3 is 0 Å². The van der Waals surface area contributed by atoms with Gasteiger partial charge in [0.15, 0.2) is 6.61 Å². The zero-order valence-corrected chi connectivity index (χ0v) is 13.1. The third-order valence-corrected chi connectivity index (χ3v) is 3.72. The number of carbonyl (C=O) groups excluding carboxylic acids is 1. The molecule has 23 heavy (non-hydrogen) atoms. The van der Waals surface area contributed by atoms with Gasteiger partial charge in [0.05, 0.1) is 0 Å². The highest BCUT2D eigenvalue weighted by Crippen LogP contribution is 2.24. The minimum Gasteiger partial charge on any atom is -0.483 e. The molecule has 3 rings (SSSR count). The van der Waals surface area contributed by atoms with Crippen LogP contribution in [-0.4, -0.2) is 12.5 Å². The molecule has 0 atom stereocenters. The molecule has 3 aromatic rings. The maximum atomic E-state index is 12.0. The molecule has 0 heterocycles. The van der Waals surface area contributed by atoms with Gasteiger partial charge in [0.2, 0.25) is 0 Å². The topological polar surface area (TPSA) is 38.3 Å². The number of amides is 1. The van der Waals surface area contributed by atoms with E-state index in [2.05, 4.69) is 5.32 Å². The Kier molecular flexibility index (Phi) is 4.57. The second-order valence-corrected chi connectivity index (χ2v) is 5.53. The predicted molar refractivity (Wildman–Crippen MR) is 92.5 cm³/mol. The van der Waals surface area contributed by atoms with E-state index in [4.69, 9.17) is 4.74 Å². The summed E-state index contributed by atoms with van der Waals surface area (Å²) in [6.07, 6.45) is 0. The monoisotopic (exact) mass is 305 g/mol. The van der Waals surface area contributed by atoms with Crippen LogP contribution in [0.2, 0.25) is 0 Å². The van der Waals surface area contributed by atoms with E-state index in [1.54, 1.807) is 0 Å². The van der Waals surface area contributed by atoms with Gasteiger partial charge in [-0.1, -0.05) is 66.2 Å². The van der Waals surface area contributed by atoms with Crippen LogP contribution in [0.5, 0.6) is 5.75 Å². The first kappa shape index (κ1) is 15.1. The first-order chi connectivity index (χ1) is 11.2. The molecule has 3 aromatic carbocycles. The van der Waals surface area contributed by atoms with Crippen molar-refractivity contribution in [3.05, 3.63) is 77.9 Å².